The van der Waals surface area contributed by atoms with Crippen molar-refractivity contribution in [1.29, 1.82) is 0 Å². The van der Waals surface area contributed by atoms with Crippen LogP contribution in [0.25, 0.3) is 11.5 Å². The van der Waals surface area contributed by atoms with Crippen molar-refractivity contribution in [2.45, 2.75) is 6.92 Å². The molecule has 0 atom stereocenters. The van der Waals surface area contributed by atoms with E-state index in [-0.39, 0.29) is 0 Å². The van der Waals surface area contributed by atoms with Crippen LogP contribution in [0.4, 0.5) is 5.69 Å². The maximum atomic E-state index is 5.61. The zero-order valence-electron chi connectivity index (χ0n) is 7.19. The highest BCUT2D eigenvalue weighted by Crippen LogP contribution is 2.19. The van der Waals surface area contributed by atoms with Gasteiger partial charge in [-0.25, -0.2) is 0 Å². The number of nitrogen functional groups attached to an aromatic ring is 1. The summed E-state index contributed by atoms with van der Waals surface area (Å²) in [6, 6.07) is 7.34. The molecular formula is C9H9N3O. The first-order chi connectivity index (χ1) is 6.25. The van der Waals surface area contributed by atoms with E-state index in [1.807, 2.05) is 18.2 Å². The van der Waals surface area contributed by atoms with Gasteiger partial charge < -0.3 is 10.2 Å². The highest BCUT2D eigenvalue weighted by atomic mass is 16.4. The number of rotatable bonds is 1. The molecule has 1 aromatic heterocycles. The number of benzene rings is 1. The Morgan fingerprint density at radius 3 is 2.77 bits per heavy atom. The molecule has 2 aromatic rings. The SMILES string of the molecule is Cc1nnc(-c2cccc(N)c2)o1. The van der Waals surface area contributed by atoms with E-state index >= 15 is 0 Å². The highest BCUT2D eigenvalue weighted by Gasteiger charge is 2.04. The minimum absolute atomic E-state index is 0.504. The fraction of sp³-hybridized carbons (Fsp3) is 0.111. The van der Waals surface area contributed by atoms with Crippen LogP contribution in [0.5, 0.6) is 0 Å². The van der Waals surface area contributed by atoms with E-state index in [4.69, 9.17) is 10.2 Å². The average Bonchev–Trinajstić information content (AvgIpc) is 2.52. The fourth-order valence-electron chi connectivity index (χ4n) is 1.08. The highest BCUT2D eigenvalue weighted by molar-refractivity contribution is 5.59. The molecule has 4 heteroatoms. The normalized spacial score (nSPS) is 10.2. The van der Waals surface area contributed by atoms with E-state index in [9.17, 15) is 0 Å². The van der Waals surface area contributed by atoms with Crippen molar-refractivity contribution in [2.24, 2.45) is 0 Å². The molecule has 2 N–H and O–H groups in total. The van der Waals surface area contributed by atoms with Crippen LogP contribution in [-0.4, -0.2) is 10.2 Å². The van der Waals surface area contributed by atoms with Gasteiger partial charge in [0, 0.05) is 18.2 Å². The summed E-state index contributed by atoms with van der Waals surface area (Å²) in [7, 11) is 0. The van der Waals surface area contributed by atoms with E-state index in [1.54, 1.807) is 13.0 Å². The van der Waals surface area contributed by atoms with Crippen molar-refractivity contribution < 1.29 is 4.42 Å². The molecule has 66 valence electrons. The Balaban J connectivity index is 2.46. The van der Waals surface area contributed by atoms with Crippen molar-refractivity contribution >= 4 is 5.69 Å². The molecule has 0 radical (unpaired) electrons. The molecule has 0 unspecified atom stereocenters. The molecule has 1 aromatic carbocycles. The van der Waals surface area contributed by atoms with Crippen molar-refractivity contribution in [1.82, 2.24) is 10.2 Å². The summed E-state index contributed by atoms with van der Waals surface area (Å²) in [6.07, 6.45) is 0. The predicted octanol–water partition coefficient (Wildman–Crippen LogP) is 1.63. The Bertz CT molecular complexity index is 422. The number of nitrogens with two attached hydrogens (primary N) is 1. The predicted molar refractivity (Wildman–Crippen MR) is 48.9 cm³/mol. The van der Waals surface area contributed by atoms with E-state index < -0.39 is 0 Å². The van der Waals surface area contributed by atoms with E-state index in [2.05, 4.69) is 10.2 Å². The van der Waals surface area contributed by atoms with Gasteiger partial charge in [0.2, 0.25) is 11.8 Å². The van der Waals surface area contributed by atoms with Gasteiger partial charge in [-0.15, -0.1) is 10.2 Å². The average molecular weight is 175 g/mol. The minimum Gasteiger partial charge on any atom is -0.421 e. The molecule has 0 aliphatic carbocycles. The molecule has 2 rings (SSSR count). The molecule has 0 fully saturated rings. The quantitative estimate of drug-likeness (QED) is 0.669. The molecule has 0 aliphatic rings. The number of aromatic nitrogens is 2. The second-order valence-electron chi connectivity index (χ2n) is 2.75. The summed E-state index contributed by atoms with van der Waals surface area (Å²) in [5, 5.41) is 7.62. The third kappa shape index (κ3) is 1.51. The first-order valence-corrected chi connectivity index (χ1v) is 3.92. The van der Waals surface area contributed by atoms with Crippen LogP contribution in [0.1, 0.15) is 5.89 Å². The van der Waals surface area contributed by atoms with Gasteiger partial charge >= 0.3 is 0 Å². The molecule has 1 heterocycles. The van der Waals surface area contributed by atoms with Crippen molar-refractivity contribution in [3.05, 3.63) is 30.2 Å². The molecule has 13 heavy (non-hydrogen) atoms. The second kappa shape index (κ2) is 2.90. The summed E-state index contributed by atoms with van der Waals surface area (Å²) in [4.78, 5) is 0. The van der Waals surface area contributed by atoms with E-state index in [0.29, 0.717) is 17.5 Å². The van der Waals surface area contributed by atoms with Crippen LogP contribution in [0.3, 0.4) is 0 Å². The van der Waals surface area contributed by atoms with Crippen molar-refractivity contribution in [2.75, 3.05) is 5.73 Å². The maximum Gasteiger partial charge on any atom is 0.247 e. The molecule has 4 nitrogen and oxygen atoms in total. The van der Waals surface area contributed by atoms with Gasteiger partial charge in [0.15, 0.2) is 0 Å². The smallest absolute Gasteiger partial charge is 0.247 e. The molecule has 0 saturated carbocycles. The van der Waals surface area contributed by atoms with Gasteiger partial charge in [-0.3, -0.25) is 0 Å². The lowest BCUT2D eigenvalue weighted by Crippen LogP contribution is -1.84. The molecular weight excluding hydrogens is 166 g/mol. The van der Waals surface area contributed by atoms with Crippen molar-refractivity contribution in [3.63, 3.8) is 0 Å². The lowest BCUT2D eigenvalue weighted by atomic mass is 10.2. The molecule has 0 bridgehead atoms. The van der Waals surface area contributed by atoms with Crippen LogP contribution in [0.2, 0.25) is 0 Å². The largest absolute Gasteiger partial charge is 0.421 e. The number of nitrogens with zero attached hydrogens (tertiary/aromatic N) is 2. The van der Waals surface area contributed by atoms with Crippen molar-refractivity contribution in [3.8, 4) is 11.5 Å². The molecule has 0 amide bonds. The van der Waals surface area contributed by atoms with Gasteiger partial charge in [-0.1, -0.05) is 6.07 Å². The third-order valence-electron chi connectivity index (χ3n) is 1.66. The summed E-state index contributed by atoms with van der Waals surface area (Å²) in [6.45, 7) is 1.75. The monoisotopic (exact) mass is 175 g/mol. The third-order valence-corrected chi connectivity index (χ3v) is 1.66. The zero-order chi connectivity index (χ0) is 9.26. The number of anilines is 1. The zero-order valence-corrected chi connectivity index (χ0v) is 7.19. The summed E-state index contributed by atoms with van der Waals surface area (Å²) in [5.74, 6) is 1.06. The first kappa shape index (κ1) is 7.79. The lowest BCUT2D eigenvalue weighted by molar-refractivity contribution is 0.533. The summed E-state index contributed by atoms with van der Waals surface area (Å²) in [5.41, 5.74) is 7.15. The van der Waals surface area contributed by atoms with Gasteiger partial charge in [-0.2, -0.15) is 0 Å². The van der Waals surface area contributed by atoms with Crippen LogP contribution in [0, 0.1) is 6.92 Å². The van der Waals surface area contributed by atoms with E-state index in [0.717, 1.165) is 5.56 Å². The topological polar surface area (TPSA) is 64.9 Å². The second-order valence-corrected chi connectivity index (χ2v) is 2.75. The standard InChI is InChI=1S/C9H9N3O/c1-6-11-12-9(13-6)7-3-2-4-8(10)5-7/h2-5H,10H2,1H3. The molecule has 0 aliphatic heterocycles. The number of hydrogen-bond donors (Lipinski definition) is 1. The van der Waals surface area contributed by atoms with Crippen LogP contribution >= 0.6 is 0 Å². The summed E-state index contributed by atoms with van der Waals surface area (Å²) < 4.78 is 5.25. The van der Waals surface area contributed by atoms with E-state index in [1.165, 1.54) is 0 Å². The van der Waals surface area contributed by atoms with Gasteiger partial charge in [0.05, 0.1) is 0 Å². The van der Waals surface area contributed by atoms with Gasteiger partial charge in [0.1, 0.15) is 0 Å². The molecule has 0 spiro atoms. The van der Waals surface area contributed by atoms with Crippen LogP contribution in [-0.2, 0) is 0 Å². The van der Waals surface area contributed by atoms with Crippen LogP contribution in [0.15, 0.2) is 28.7 Å². The Hall–Kier alpha value is -1.84. The molecule has 0 saturated heterocycles. The summed E-state index contributed by atoms with van der Waals surface area (Å²) >= 11 is 0. The van der Waals surface area contributed by atoms with Gasteiger partial charge in [-0.05, 0) is 18.2 Å². The number of aryl methyl sites for hydroxylation is 1. The van der Waals surface area contributed by atoms with Crippen LogP contribution < -0.4 is 5.73 Å². The minimum atomic E-state index is 0.504. The lowest BCUT2D eigenvalue weighted by Gasteiger charge is -1.95. The van der Waals surface area contributed by atoms with Gasteiger partial charge in [0.25, 0.3) is 0 Å². The number of hydrogen-bond acceptors (Lipinski definition) is 4. The Morgan fingerprint density at radius 1 is 1.31 bits per heavy atom. The fourth-order valence-corrected chi connectivity index (χ4v) is 1.08. The Labute approximate surface area is 75.4 Å². The maximum absolute atomic E-state index is 5.61. The Kier molecular flexibility index (Phi) is 1.73. The Morgan fingerprint density at radius 2 is 2.15 bits per heavy atom. The first-order valence-electron chi connectivity index (χ1n) is 3.92.